The van der Waals surface area contributed by atoms with Gasteiger partial charge < -0.3 is 15.5 Å². The summed E-state index contributed by atoms with van der Waals surface area (Å²) in [5, 5.41) is 11.1. The zero-order valence-electron chi connectivity index (χ0n) is 14.7. The maximum Gasteiger partial charge on any atom is 0.255 e. The van der Waals surface area contributed by atoms with E-state index in [0.717, 1.165) is 11.1 Å². The average Bonchev–Trinajstić information content (AvgIpc) is 2.93. The van der Waals surface area contributed by atoms with Gasteiger partial charge in [-0.25, -0.2) is 0 Å². The van der Waals surface area contributed by atoms with E-state index in [9.17, 15) is 9.59 Å². The number of nitrogens with zero attached hydrogens (tertiary/aromatic N) is 2. The van der Waals surface area contributed by atoms with Gasteiger partial charge in [-0.15, -0.1) is 10.2 Å². The SMILES string of the molecule is CC(=O)c1c(C)oc(Nc2ccc(-c3ccc(C)cc3)nn2)c1C(N)=O. The van der Waals surface area contributed by atoms with E-state index in [1.165, 1.54) is 6.92 Å². The molecule has 1 aromatic carbocycles. The highest BCUT2D eigenvalue weighted by Gasteiger charge is 2.25. The van der Waals surface area contributed by atoms with E-state index < -0.39 is 5.91 Å². The molecule has 3 N–H and O–H groups in total. The summed E-state index contributed by atoms with van der Waals surface area (Å²) in [7, 11) is 0. The zero-order chi connectivity index (χ0) is 18.8. The number of hydrogen-bond acceptors (Lipinski definition) is 6. The van der Waals surface area contributed by atoms with Crippen molar-refractivity contribution < 1.29 is 14.0 Å². The second-order valence-electron chi connectivity index (χ2n) is 5.95. The summed E-state index contributed by atoms with van der Waals surface area (Å²) < 4.78 is 5.50. The van der Waals surface area contributed by atoms with E-state index in [2.05, 4.69) is 15.5 Å². The number of nitrogens with one attached hydrogen (secondary N) is 1. The molecule has 3 rings (SSSR count). The number of hydrogen-bond donors (Lipinski definition) is 2. The fourth-order valence-corrected chi connectivity index (χ4v) is 2.69. The third-order valence-corrected chi connectivity index (χ3v) is 3.94. The number of aryl methyl sites for hydroxylation is 2. The van der Waals surface area contributed by atoms with Gasteiger partial charge in [0.15, 0.2) is 11.6 Å². The van der Waals surface area contributed by atoms with Gasteiger partial charge >= 0.3 is 0 Å². The minimum absolute atomic E-state index is 0.0133. The lowest BCUT2D eigenvalue weighted by Crippen LogP contribution is -2.16. The van der Waals surface area contributed by atoms with Crippen LogP contribution in [-0.4, -0.2) is 21.9 Å². The Bertz CT molecular complexity index is 973. The highest BCUT2D eigenvalue weighted by Crippen LogP contribution is 2.29. The number of Topliss-reactive ketones (excluding diaryl/α,β-unsaturated/α-hetero) is 1. The molecule has 0 spiro atoms. The largest absolute Gasteiger partial charge is 0.444 e. The maximum atomic E-state index is 11.8. The van der Waals surface area contributed by atoms with E-state index in [1.54, 1.807) is 19.1 Å². The number of benzene rings is 1. The van der Waals surface area contributed by atoms with E-state index in [0.29, 0.717) is 17.3 Å². The minimum atomic E-state index is -0.751. The van der Waals surface area contributed by atoms with Crippen molar-refractivity contribution >= 4 is 23.4 Å². The first-order valence-electron chi connectivity index (χ1n) is 7.98. The number of carbonyl (C=O) groups is 2. The predicted molar refractivity (Wildman–Crippen MR) is 97.5 cm³/mol. The molecule has 0 aliphatic rings. The Morgan fingerprint density at radius 2 is 1.69 bits per heavy atom. The summed E-state index contributed by atoms with van der Waals surface area (Å²) in [4.78, 5) is 23.5. The van der Waals surface area contributed by atoms with Crippen LogP contribution in [0.2, 0.25) is 0 Å². The first kappa shape index (κ1) is 17.3. The van der Waals surface area contributed by atoms with E-state index in [1.807, 2.05) is 31.2 Å². The standard InChI is InChI=1S/C19H18N4O3/c1-10-4-6-13(7-5-10)14-8-9-15(23-22-14)21-19-17(18(20)25)16(11(2)24)12(3)26-19/h4-9H,1-3H3,(H2,20,25)(H,21,23). The van der Waals surface area contributed by atoms with Crippen LogP contribution in [0.4, 0.5) is 11.7 Å². The quantitative estimate of drug-likeness (QED) is 0.682. The van der Waals surface area contributed by atoms with Gasteiger partial charge in [-0.2, -0.15) is 0 Å². The molecular weight excluding hydrogens is 332 g/mol. The average molecular weight is 350 g/mol. The Morgan fingerprint density at radius 3 is 2.23 bits per heavy atom. The number of anilines is 2. The Morgan fingerprint density at radius 1 is 1.00 bits per heavy atom. The molecule has 7 nitrogen and oxygen atoms in total. The zero-order valence-corrected chi connectivity index (χ0v) is 14.7. The minimum Gasteiger partial charge on any atom is -0.444 e. The number of aromatic nitrogens is 2. The molecule has 0 atom stereocenters. The van der Waals surface area contributed by atoms with Crippen molar-refractivity contribution in [2.75, 3.05) is 5.32 Å². The van der Waals surface area contributed by atoms with Gasteiger partial charge in [0.25, 0.3) is 5.91 Å². The topological polar surface area (TPSA) is 111 Å². The first-order valence-corrected chi connectivity index (χ1v) is 7.98. The first-order chi connectivity index (χ1) is 12.4. The number of amides is 1. The summed E-state index contributed by atoms with van der Waals surface area (Å²) in [5.74, 6) is -0.282. The third-order valence-electron chi connectivity index (χ3n) is 3.94. The van der Waals surface area contributed by atoms with E-state index in [-0.39, 0.29) is 22.8 Å². The van der Waals surface area contributed by atoms with Crippen LogP contribution in [0.5, 0.6) is 0 Å². The van der Waals surface area contributed by atoms with Crippen LogP contribution in [0, 0.1) is 13.8 Å². The van der Waals surface area contributed by atoms with Gasteiger partial charge in [-0.05, 0) is 32.9 Å². The number of furan rings is 1. The van der Waals surface area contributed by atoms with Gasteiger partial charge in [0.05, 0.1) is 11.3 Å². The highest BCUT2D eigenvalue weighted by molar-refractivity contribution is 6.10. The lowest BCUT2D eigenvalue weighted by Gasteiger charge is -2.05. The third kappa shape index (κ3) is 3.32. The number of rotatable bonds is 5. The molecule has 0 fully saturated rings. The smallest absolute Gasteiger partial charge is 0.255 e. The second-order valence-corrected chi connectivity index (χ2v) is 5.95. The molecule has 3 aromatic rings. The monoisotopic (exact) mass is 350 g/mol. The van der Waals surface area contributed by atoms with Gasteiger partial charge in [-0.3, -0.25) is 9.59 Å². The van der Waals surface area contributed by atoms with Crippen molar-refractivity contribution in [1.82, 2.24) is 10.2 Å². The van der Waals surface area contributed by atoms with Crippen molar-refractivity contribution in [2.45, 2.75) is 20.8 Å². The van der Waals surface area contributed by atoms with Gasteiger partial charge in [0, 0.05) is 5.56 Å². The van der Waals surface area contributed by atoms with Crippen LogP contribution < -0.4 is 11.1 Å². The Kier molecular flexibility index (Phi) is 4.53. The molecule has 0 aliphatic carbocycles. The van der Waals surface area contributed by atoms with Gasteiger partial charge in [0.2, 0.25) is 5.88 Å². The van der Waals surface area contributed by atoms with Crippen LogP contribution in [-0.2, 0) is 0 Å². The van der Waals surface area contributed by atoms with Crippen LogP contribution in [0.15, 0.2) is 40.8 Å². The van der Waals surface area contributed by atoms with Crippen LogP contribution >= 0.6 is 0 Å². The summed E-state index contributed by atoms with van der Waals surface area (Å²) in [6.07, 6.45) is 0. The molecule has 26 heavy (non-hydrogen) atoms. The molecule has 132 valence electrons. The molecule has 0 radical (unpaired) electrons. The lowest BCUT2D eigenvalue weighted by molar-refractivity contribution is 0.0974. The Balaban J connectivity index is 1.90. The molecule has 2 aromatic heterocycles. The molecule has 0 saturated heterocycles. The molecule has 1 amide bonds. The highest BCUT2D eigenvalue weighted by atomic mass is 16.4. The van der Waals surface area contributed by atoms with Crippen molar-refractivity contribution in [3.8, 4) is 11.3 Å². The van der Waals surface area contributed by atoms with E-state index >= 15 is 0 Å². The van der Waals surface area contributed by atoms with Crippen LogP contribution in [0.3, 0.4) is 0 Å². The number of ketones is 1. The molecule has 0 unspecified atom stereocenters. The molecule has 0 bridgehead atoms. The lowest BCUT2D eigenvalue weighted by atomic mass is 10.1. The van der Waals surface area contributed by atoms with Crippen molar-refractivity contribution in [2.24, 2.45) is 5.73 Å². The van der Waals surface area contributed by atoms with Crippen molar-refractivity contribution in [3.63, 3.8) is 0 Å². The molecule has 7 heteroatoms. The molecule has 0 aliphatic heterocycles. The van der Waals surface area contributed by atoms with Gasteiger partial charge in [-0.1, -0.05) is 29.8 Å². The van der Waals surface area contributed by atoms with Crippen LogP contribution in [0.25, 0.3) is 11.3 Å². The number of primary amides is 1. The Labute approximate surface area is 150 Å². The maximum absolute atomic E-state index is 11.8. The summed E-state index contributed by atoms with van der Waals surface area (Å²) in [6, 6.07) is 11.4. The van der Waals surface area contributed by atoms with Gasteiger partial charge in [0.1, 0.15) is 11.3 Å². The molecular formula is C19H18N4O3. The van der Waals surface area contributed by atoms with Crippen molar-refractivity contribution in [1.29, 1.82) is 0 Å². The van der Waals surface area contributed by atoms with E-state index in [4.69, 9.17) is 10.2 Å². The summed E-state index contributed by atoms with van der Waals surface area (Å²) in [6.45, 7) is 4.96. The second kappa shape index (κ2) is 6.79. The normalized spacial score (nSPS) is 10.6. The van der Waals surface area contributed by atoms with Crippen LogP contribution in [0.1, 0.15) is 39.0 Å². The molecule has 0 saturated carbocycles. The summed E-state index contributed by atoms with van der Waals surface area (Å²) in [5.41, 5.74) is 8.41. The Hall–Kier alpha value is -3.48. The summed E-state index contributed by atoms with van der Waals surface area (Å²) >= 11 is 0. The van der Waals surface area contributed by atoms with Crippen molar-refractivity contribution in [3.05, 3.63) is 58.8 Å². The predicted octanol–water partition coefficient (Wildman–Crippen LogP) is 3.40. The fourth-order valence-electron chi connectivity index (χ4n) is 2.69. The molecule has 2 heterocycles. The number of nitrogens with two attached hydrogens (primary N) is 1. The number of carbonyl (C=O) groups excluding carboxylic acids is 2. The fraction of sp³-hybridized carbons (Fsp3) is 0.158.